The Morgan fingerprint density at radius 2 is 2.10 bits per heavy atom. The molecule has 3 heteroatoms. The van der Waals surface area contributed by atoms with E-state index in [9.17, 15) is 4.79 Å². The quantitative estimate of drug-likeness (QED) is 0.841. The first-order valence-electron chi connectivity index (χ1n) is 7.41. The number of ether oxygens (including phenoxy) is 1. The fraction of sp³-hybridized carbons (Fsp3) is 0.471. The van der Waals surface area contributed by atoms with Crippen molar-refractivity contribution in [2.45, 2.75) is 39.0 Å². The lowest BCUT2D eigenvalue weighted by Crippen LogP contribution is -2.27. The number of ketones is 1. The molecule has 0 amide bonds. The Kier molecular flexibility index (Phi) is 3.28. The molecule has 3 rings (SSSR count). The number of hydrogen-bond donors (Lipinski definition) is 1. The molecule has 1 aromatic carbocycles. The van der Waals surface area contributed by atoms with Gasteiger partial charge in [0.05, 0.1) is 12.5 Å². The Hall–Kier alpha value is -1.77. The highest BCUT2D eigenvalue weighted by molar-refractivity contribution is 6.12. The predicted octanol–water partition coefficient (Wildman–Crippen LogP) is 4.33. The summed E-state index contributed by atoms with van der Waals surface area (Å²) in [5, 5.41) is 0.930. The highest BCUT2D eigenvalue weighted by Crippen LogP contribution is 2.45. The Morgan fingerprint density at radius 3 is 2.75 bits per heavy atom. The number of nitrogens with one attached hydrogen (secondary N) is 1. The van der Waals surface area contributed by atoms with Crippen LogP contribution in [0.25, 0.3) is 10.9 Å². The van der Waals surface area contributed by atoms with Crippen LogP contribution in [-0.4, -0.2) is 17.9 Å². The SMILES string of the molecule is CCC1(C(=O)c2c[nH]c3cccc(OC)c23)CCCC1. The van der Waals surface area contributed by atoms with Crippen LogP contribution in [0.5, 0.6) is 5.75 Å². The molecule has 1 aliphatic rings. The number of aromatic amines is 1. The molecule has 0 unspecified atom stereocenters. The topological polar surface area (TPSA) is 42.1 Å². The third kappa shape index (κ3) is 1.84. The van der Waals surface area contributed by atoms with Gasteiger partial charge in [0.1, 0.15) is 5.75 Å². The van der Waals surface area contributed by atoms with E-state index in [0.717, 1.165) is 41.5 Å². The largest absolute Gasteiger partial charge is 0.496 e. The third-order valence-electron chi connectivity index (χ3n) is 4.85. The molecule has 1 heterocycles. The first kappa shape index (κ1) is 13.2. The van der Waals surface area contributed by atoms with Crippen LogP contribution in [-0.2, 0) is 0 Å². The molecule has 2 aromatic rings. The van der Waals surface area contributed by atoms with Crippen molar-refractivity contribution in [1.29, 1.82) is 0 Å². The molecule has 0 bridgehead atoms. The van der Waals surface area contributed by atoms with Gasteiger partial charge in [-0.15, -0.1) is 0 Å². The van der Waals surface area contributed by atoms with Crippen LogP contribution in [0, 0.1) is 5.41 Å². The Bertz CT molecular complexity index is 635. The Morgan fingerprint density at radius 1 is 1.35 bits per heavy atom. The maximum absolute atomic E-state index is 13.1. The van der Waals surface area contributed by atoms with Crippen LogP contribution in [0.4, 0.5) is 0 Å². The van der Waals surface area contributed by atoms with Crippen LogP contribution in [0.3, 0.4) is 0 Å². The van der Waals surface area contributed by atoms with Crippen molar-refractivity contribution in [1.82, 2.24) is 4.98 Å². The molecule has 20 heavy (non-hydrogen) atoms. The lowest BCUT2D eigenvalue weighted by atomic mass is 9.76. The van der Waals surface area contributed by atoms with Gasteiger partial charge in [-0.05, 0) is 31.4 Å². The summed E-state index contributed by atoms with van der Waals surface area (Å²) in [5.74, 6) is 1.06. The highest BCUT2D eigenvalue weighted by Gasteiger charge is 2.40. The van der Waals surface area contributed by atoms with Gasteiger partial charge in [0, 0.05) is 22.7 Å². The van der Waals surface area contributed by atoms with E-state index in [2.05, 4.69) is 11.9 Å². The summed E-state index contributed by atoms with van der Waals surface area (Å²) in [6.07, 6.45) is 7.14. The number of Topliss-reactive ketones (excluding diaryl/α,β-unsaturated/α-hetero) is 1. The average molecular weight is 271 g/mol. The van der Waals surface area contributed by atoms with E-state index >= 15 is 0 Å². The molecule has 1 N–H and O–H groups in total. The standard InChI is InChI=1S/C17H21NO2/c1-3-17(9-4-5-10-17)16(19)12-11-18-13-7-6-8-14(20-2)15(12)13/h6-8,11,18H,3-5,9-10H2,1-2H3. The second kappa shape index (κ2) is 4.97. The number of carbonyl (C=O) groups excluding carboxylic acids is 1. The molecular weight excluding hydrogens is 250 g/mol. The van der Waals surface area contributed by atoms with Crippen LogP contribution in [0.15, 0.2) is 24.4 Å². The molecule has 1 aromatic heterocycles. The molecule has 0 radical (unpaired) electrons. The summed E-state index contributed by atoms with van der Waals surface area (Å²) in [6.45, 7) is 2.13. The van der Waals surface area contributed by atoms with E-state index in [0.29, 0.717) is 0 Å². The van der Waals surface area contributed by atoms with Crippen molar-refractivity contribution in [3.63, 3.8) is 0 Å². The number of H-pyrrole nitrogens is 1. The number of hydrogen-bond acceptors (Lipinski definition) is 2. The zero-order valence-electron chi connectivity index (χ0n) is 12.2. The minimum absolute atomic E-state index is 0.157. The summed E-state index contributed by atoms with van der Waals surface area (Å²) in [4.78, 5) is 16.3. The van der Waals surface area contributed by atoms with Gasteiger partial charge < -0.3 is 9.72 Å². The molecule has 0 saturated heterocycles. The summed E-state index contributed by atoms with van der Waals surface area (Å²) < 4.78 is 5.43. The molecule has 1 saturated carbocycles. The van der Waals surface area contributed by atoms with Crippen molar-refractivity contribution in [3.8, 4) is 5.75 Å². The fourth-order valence-electron chi connectivity index (χ4n) is 3.58. The van der Waals surface area contributed by atoms with Crippen molar-refractivity contribution >= 4 is 16.7 Å². The molecule has 3 nitrogen and oxygen atoms in total. The summed E-state index contributed by atoms with van der Waals surface area (Å²) in [6, 6.07) is 5.85. The van der Waals surface area contributed by atoms with Gasteiger partial charge in [0.15, 0.2) is 5.78 Å². The van der Waals surface area contributed by atoms with Crippen molar-refractivity contribution < 1.29 is 9.53 Å². The summed E-state index contributed by atoms with van der Waals surface area (Å²) in [7, 11) is 1.65. The summed E-state index contributed by atoms with van der Waals surface area (Å²) in [5.41, 5.74) is 1.61. The maximum Gasteiger partial charge on any atom is 0.171 e. The van der Waals surface area contributed by atoms with E-state index in [1.54, 1.807) is 7.11 Å². The van der Waals surface area contributed by atoms with E-state index in [-0.39, 0.29) is 11.2 Å². The van der Waals surface area contributed by atoms with Gasteiger partial charge in [0.25, 0.3) is 0 Å². The molecule has 0 aliphatic heterocycles. The zero-order valence-corrected chi connectivity index (χ0v) is 12.2. The van der Waals surface area contributed by atoms with Gasteiger partial charge in [-0.1, -0.05) is 25.8 Å². The maximum atomic E-state index is 13.1. The van der Waals surface area contributed by atoms with E-state index in [1.807, 2.05) is 24.4 Å². The second-order valence-corrected chi connectivity index (χ2v) is 5.76. The minimum Gasteiger partial charge on any atom is -0.496 e. The van der Waals surface area contributed by atoms with Crippen LogP contribution < -0.4 is 4.74 Å². The van der Waals surface area contributed by atoms with E-state index < -0.39 is 0 Å². The number of benzene rings is 1. The van der Waals surface area contributed by atoms with Crippen molar-refractivity contribution in [2.24, 2.45) is 5.41 Å². The van der Waals surface area contributed by atoms with Crippen molar-refractivity contribution in [3.05, 3.63) is 30.0 Å². The van der Waals surface area contributed by atoms with Gasteiger partial charge in [-0.25, -0.2) is 0 Å². The van der Waals surface area contributed by atoms with Crippen LogP contribution >= 0.6 is 0 Å². The van der Waals surface area contributed by atoms with Gasteiger partial charge >= 0.3 is 0 Å². The number of fused-ring (bicyclic) bond motifs is 1. The second-order valence-electron chi connectivity index (χ2n) is 5.76. The first-order valence-corrected chi connectivity index (χ1v) is 7.41. The van der Waals surface area contributed by atoms with Gasteiger partial charge in [-0.2, -0.15) is 0 Å². The fourth-order valence-corrected chi connectivity index (χ4v) is 3.58. The molecular formula is C17H21NO2. The monoisotopic (exact) mass is 271 g/mol. The molecule has 0 atom stereocenters. The minimum atomic E-state index is -0.157. The van der Waals surface area contributed by atoms with Gasteiger partial charge in [-0.3, -0.25) is 4.79 Å². The molecule has 1 aliphatic carbocycles. The number of rotatable bonds is 4. The van der Waals surface area contributed by atoms with Crippen molar-refractivity contribution in [2.75, 3.05) is 7.11 Å². The first-order chi connectivity index (χ1) is 9.72. The van der Waals surface area contributed by atoms with E-state index in [1.165, 1.54) is 12.8 Å². The summed E-state index contributed by atoms with van der Waals surface area (Å²) >= 11 is 0. The predicted molar refractivity (Wildman–Crippen MR) is 80.4 cm³/mol. The normalized spacial score (nSPS) is 17.5. The Balaban J connectivity index is 2.12. The van der Waals surface area contributed by atoms with E-state index in [4.69, 9.17) is 4.74 Å². The zero-order chi connectivity index (χ0) is 14.2. The number of aromatic nitrogens is 1. The lowest BCUT2D eigenvalue weighted by Gasteiger charge is -2.25. The lowest BCUT2D eigenvalue weighted by molar-refractivity contribution is 0.0793. The Labute approximate surface area is 119 Å². The van der Waals surface area contributed by atoms with Crippen LogP contribution in [0.1, 0.15) is 49.4 Å². The average Bonchev–Trinajstić information content (AvgIpc) is 3.13. The highest BCUT2D eigenvalue weighted by atomic mass is 16.5. The van der Waals surface area contributed by atoms with Gasteiger partial charge in [0.2, 0.25) is 0 Å². The number of methoxy groups -OCH3 is 1. The molecule has 1 fully saturated rings. The smallest absolute Gasteiger partial charge is 0.171 e. The molecule has 0 spiro atoms. The number of carbonyl (C=O) groups is 1. The third-order valence-corrected chi connectivity index (χ3v) is 4.85. The molecule has 106 valence electrons. The van der Waals surface area contributed by atoms with Crippen LogP contribution in [0.2, 0.25) is 0 Å².